The molecule has 4 amide bonds. The van der Waals surface area contributed by atoms with Gasteiger partial charge in [-0.3, -0.25) is 9.59 Å². The Labute approximate surface area is 205 Å². The van der Waals surface area contributed by atoms with Crippen molar-refractivity contribution < 1.29 is 14.4 Å². The lowest BCUT2D eigenvalue weighted by Gasteiger charge is -2.60. The Bertz CT molecular complexity index is 1170. The fourth-order valence-corrected chi connectivity index (χ4v) is 7.58. The van der Waals surface area contributed by atoms with Gasteiger partial charge in [0.05, 0.1) is 11.4 Å². The number of amides is 4. The highest BCUT2D eigenvalue weighted by Crippen LogP contribution is 2.59. The summed E-state index contributed by atoms with van der Waals surface area (Å²) in [5, 5.41) is 5.51. The standard InChI is InChI=1S/C28H32N4O3/c1-17-6-5-7-21(10-17)29-27(35)30-24-25(33)31(2)22-8-3-4-9-23(22)32(26(24)34)28-14-18-11-19(15-28)13-20(12-18)16-28/h3-10,18-20,24H,11-16H2,1-2H3,(H2,29,30,35). The topological polar surface area (TPSA) is 81.8 Å². The van der Waals surface area contributed by atoms with Gasteiger partial charge in [0.1, 0.15) is 0 Å². The molecule has 2 N–H and O–H groups in total. The van der Waals surface area contributed by atoms with E-state index in [0.29, 0.717) is 29.1 Å². The lowest BCUT2D eigenvalue weighted by molar-refractivity contribution is -0.130. The number of para-hydroxylation sites is 2. The summed E-state index contributed by atoms with van der Waals surface area (Å²) in [7, 11) is 1.69. The van der Waals surface area contributed by atoms with Gasteiger partial charge >= 0.3 is 6.03 Å². The Balaban J connectivity index is 1.37. The van der Waals surface area contributed by atoms with Gasteiger partial charge in [-0.2, -0.15) is 0 Å². The molecular weight excluding hydrogens is 440 g/mol. The Kier molecular flexibility index (Phi) is 5.13. The third kappa shape index (κ3) is 3.68. The van der Waals surface area contributed by atoms with Crippen LogP contribution in [-0.2, 0) is 9.59 Å². The molecule has 0 saturated heterocycles. The number of nitrogens with one attached hydrogen (secondary N) is 2. The molecule has 7 heteroatoms. The van der Waals surface area contributed by atoms with Crippen LogP contribution < -0.4 is 20.4 Å². The van der Waals surface area contributed by atoms with E-state index in [1.165, 1.54) is 24.2 Å². The summed E-state index contributed by atoms with van der Waals surface area (Å²) in [5.41, 5.74) is 2.82. The van der Waals surface area contributed by atoms with Crippen LogP contribution >= 0.6 is 0 Å². The average molecular weight is 473 g/mol. The largest absolute Gasteiger partial charge is 0.320 e. The van der Waals surface area contributed by atoms with Crippen LogP contribution in [0.4, 0.5) is 21.9 Å². The molecule has 4 aliphatic carbocycles. The zero-order valence-corrected chi connectivity index (χ0v) is 20.3. The number of nitrogens with zero attached hydrogens (tertiary/aromatic N) is 2. The first kappa shape index (κ1) is 22.1. The van der Waals surface area contributed by atoms with Gasteiger partial charge < -0.3 is 20.4 Å². The quantitative estimate of drug-likeness (QED) is 0.647. The van der Waals surface area contributed by atoms with Crippen molar-refractivity contribution in [2.75, 3.05) is 22.2 Å². The molecule has 7 nitrogen and oxygen atoms in total. The van der Waals surface area contributed by atoms with E-state index in [4.69, 9.17) is 0 Å². The van der Waals surface area contributed by atoms with Crippen LogP contribution in [0, 0.1) is 24.7 Å². The maximum absolute atomic E-state index is 14.3. The van der Waals surface area contributed by atoms with Gasteiger partial charge in [0.15, 0.2) is 6.04 Å². The maximum Gasteiger partial charge on any atom is 0.320 e. The zero-order valence-electron chi connectivity index (χ0n) is 20.3. The number of likely N-dealkylation sites (N-methyl/N-ethyl adjacent to an activating group) is 1. The van der Waals surface area contributed by atoms with Crippen LogP contribution in [0.5, 0.6) is 0 Å². The summed E-state index contributed by atoms with van der Waals surface area (Å²) >= 11 is 0. The van der Waals surface area contributed by atoms with Crippen molar-refractivity contribution in [1.82, 2.24) is 5.32 Å². The summed E-state index contributed by atoms with van der Waals surface area (Å²) in [4.78, 5) is 44.2. The monoisotopic (exact) mass is 472 g/mol. The minimum Gasteiger partial charge on any atom is -0.318 e. The molecule has 7 rings (SSSR count). The summed E-state index contributed by atoms with van der Waals surface area (Å²) in [6.45, 7) is 1.94. The van der Waals surface area contributed by atoms with E-state index < -0.39 is 18.0 Å². The van der Waals surface area contributed by atoms with E-state index in [0.717, 1.165) is 30.5 Å². The van der Waals surface area contributed by atoms with Gasteiger partial charge in [0.2, 0.25) is 0 Å². The molecule has 0 aromatic heterocycles. The fourth-order valence-electron chi connectivity index (χ4n) is 7.58. The van der Waals surface area contributed by atoms with Crippen molar-refractivity contribution in [3.63, 3.8) is 0 Å². The molecule has 35 heavy (non-hydrogen) atoms. The van der Waals surface area contributed by atoms with E-state index in [9.17, 15) is 14.4 Å². The smallest absolute Gasteiger partial charge is 0.318 e. The lowest BCUT2D eigenvalue weighted by Crippen LogP contribution is -2.65. The van der Waals surface area contributed by atoms with Crippen LogP contribution in [0.25, 0.3) is 0 Å². The molecule has 4 fully saturated rings. The molecular formula is C28H32N4O3. The van der Waals surface area contributed by atoms with E-state index in [2.05, 4.69) is 10.6 Å². The highest BCUT2D eigenvalue weighted by Gasteiger charge is 2.57. The third-order valence-corrected chi connectivity index (χ3v) is 8.56. The van der Waals surface area contributed by atoms with Crippen molar-refractivity contribution in [2.24, 2.45) is 17.8 Å². The summed E-state index contributed by atoms with van der Waals surface area (Å²) in [5.74, 6) is 1.15. The van der Waals surface area contributed by atoms with Crippen molar-refractivity contribution in [3.8, 4) is 0 Å². The molecule has 4 bridgehead atoms. The van der Waals surface area contributed by atoms with Crippen LogP contribution in [-0.4, -0.2) is 36.5 Å². The second-order valence-electron chi connectivity index (χ2n) is 11.1. The molecule has 182 valence electrons. The molecule has 1 heterocycles. The minimum atomic E-state index is -1.29. The molecule has 0 spiro atoms. The second kappa shape index (κ2) is 8.11. The van der Waals surface area contributed by atoms with E-state index in [-0.39, 0.29) is 11.4 Å². The first-order valence-corrected chi connectivity index (χ1v) is 12.7. The maximum atomic E-state index is 14.3. The number of aryl methyl sites for hydroxylation is 1. The predicted molar refractivity (Wildman–Crippen MR) is 135 cm³/mol. The van der Waals surface area contributed by atoms with Gasteiger partial charge in [-0.15, -0.1) is 0 Å². The molecule has 5 aliphatic rings. The van der Waals surface area contributed by atoms with Crippen LogP contribution in [0.3, 0.4) is 0 Å². The van der Waals surface area contributed by atoms with Crippen molar-refractivity contribution in [2.45, 2.75) is 57.0 Å². The summed E-state index contributed by atoms with van der Waals surface area (Å²) in [6.07, 6.45) is 6.67. The van der Waals surface area contributed by atoms with Gasteiger partial charge in [0.25, 0.3) is 11.8 Å². The highest BCUT2D eigenvalue weighted by molar-refractivity contribution is 6.22. The normalized spacial score (nSPS) is 31.3. The predicted octanol–water partition coefficient (Wildman–Crippen LogP) is 4.46. The fraction of sp³-hybridized carbons (Fsp3) is 0.464. The van der Waals surface area contributed by atoms with Gasteiger partial charge in [-0.1, -0.05) is 24.3 Å². The minimum absolute atomic E-state index is 0.291. The first-order chi connectivity index (χ1) is 16.8. The number of hydrogen-bond acceptors (Lipinski definition) is 3. The average Bonchev–Trinajstić information content (AvgIpc) is 2.88. The van der Waals surface area contributed by atoms with Crippen LogP contribution in [0.15, 0.2) is 48.5 Å². The Morgan fingerprint density at radius 1 is 0.886 bits per heavy atom. The van der Waals surface area contributed by atoms with Crippen molar-refractivity contribution in [3.05, 3.63) is 54.1 Å². The van der Waals surface area contributed by atoms with Crippen molar-refractivity contribution >= 4 is 34.9 Å². The summed E-state index contributed by atoms with van der Waals surface area (Å²) < 4.78 is 0. The number of hydrogen-bond donors (Lipinski definition) is 2. The number of carbonyl (C=O) groups excluding carboxylic acids is 3. The van der Waals surface area contributed by atoms with Crippen LogP contribution in [0.2, 0.25) is 0 Å². The van der Waals surface area contributed by atoms with E-state index >= 15 is 0 Å². The number of anilines is 3. The van der Waals surface area contributed by atoms with Gasteiger partial charge in [-0.05, 0) is 93.0 Å². The third-order valence-electron chi connectivity index (χ3n) is 8.56. The van der Waals surface area contributed by atoms with E-state index in [1.807, 2.05) is 54.3 Å². The summed E-state index contributed by atoms with van der Waals surface area (Å²) in [6, 6.07) is 13.2. The SMILES string of the molecule is Cc1cccc(NC(=O)NC2C(=O)N(C)c3ccccc3N(C34CC5CC(CC(C5)C3)C4)C2=O)c1. The number of benzene rings is 2. The Morgan fingerprint density at radius 2 is 1.51 bits per heavy atom. The number of carbonyl (C=O) groups is 3. The molecule has 2 aromatic carbocycles. The molecule has 1 unspecified atom stereocenters. The van der Waals surface area contributed by atoms with Crippen molar-refractivity contribution in [1.29, 1.82) is 0 Å². The van der Waals surface area contributed by atoms with Gasteiger partial charge in [0, 0.05) is 18.3 Å². The van der Waals surface area contributed by atoms with E-state index in [1.54, 1.807) is 13.1 Å². The van der Waals surface area contributed by atoms with Gasteiger partial charge in [-0.25, -0.2) is 4.79 Å². The molecule has 4 saturated carbocycles. The number of rotatable bonds is 3. The Hall–Kier alpha value is -3.35. The molecule has 1 aliphatic heterocycles. The number of urea groups is 1. The molecule has 1 atom stereocenters. The highest BCUT2D eigenvalue weighted by atomic mass is 16.2. The Morgan fingerprint density at radius 3 is 2.14 bits per heavy atom. The molecule has 2 aromatic rings. The van der Waals surface area contributed by atoms with Crippen LogP contribution in [0.1, 0.15) is 44.1 Å². The first-order valence-electron chi connectivity index (χ1n) is 12.7. The second-order valence-corrected chi connectivity index (χ2v) is 11.1. The molecule has 0 radical (unpaired) electrons. The number of fused-ring (bicyclic) bond motifs is 1. The lowest BCUT2D eigenvalue weighted by atomic mass is 9.52. The zero-order chi connectivity index (χ0) is 24.3.